The second-order valence-corrected chi connectivity index (χ2v) is 5.51. The van der Waals surface area contributed by atoms with Crippen LogP contribution >= 0.6 is 0 Å². The second-order valence-electron chi connectivity index (χ2n) is 3.64. The standard InChI is InChI=1S/C8H18N2O2S/c1-2-6-13(11,12)10-8-5-3-4-7(8)9/h7-8,10H,2-6,9H2,1H3. The van der Waals surface area contributed by atoms with Crippen LogP contribution in [0.15, 0.2) is 0 Å². The number of hydrogen-bond donors (Lipinski definition) is 2. The highest BCUT2D eigenvalue weighted by atomic mass is 32.2. The minimum absolute atomic E-state index is 0.00614. The molecular weight excluding hydrogens is 188 g/mol. The maximum Gasteiger partial charge on any atom is 0.211 e. The molecule has 5 heteroatoms. The molecule has 0 aromatic rings. The normalized spacial score (nSPS) is 29.4. The molecule has 1 rings (SSSR count). The fraction of sp³-hybridized carbons (Fsp3) is 1.00. The van der Waals surface area contributed by atoms with E-state index in [0.717, 1.165) is 19.3 Å². The van der Waals surface area contributed by atoms with Crippen LogP contribution in [-0.2, 0) is 10.0 Å². The van der Waals surface area contributed by atoms with Crippen molar-refractivity contribution in [1.29, 1.82) is 0 Å². The first-order valence-corrected chi connectivity index (χ1v) is 6.46. The molecule has 13 heavy (non-hydrogen) atoms. The Kier molecular flexibility index (Phi) is 3.70. The molecule has 4 nitrogen and oxygen atoms in total. The van der Waals surface area contributed by atoms with Crippen LogP contribution in [0, 0.1) is 0 Å². The molecular formula is C8H18N2O2S. The van der Waals surface area contributed by atoms with E-state index in [-0.39, 0.29) is 17.8 Å². The number of rotatable bonds is 4. The van der Waals surface area contributed by atoms with E-state index in [1.807, 2.05) is 6.92 Å². The maximum atomic E-state index is 11.4. The van der Waals surface area contributed by atoms with Crippen molar-refractivity contribution in [2.45, 2.75) is 44.7 Å². The van der Waals surface area contributed by atoms with E-state index in [1.54, 1.807) is 0 Å². The zero-order valence-corrected chi connectivity index (χ0v) is 8.81. The number of nitrogens with two attached hydrogens (primary N) is 1. The summed E-state index contributed by atoms with van der Waals surface area (Å²) in [7, 11) is -3.08. The summed E-state index contributed by atoms with van der Waals surface area (Å²) in [5.41, 5.74) is 5.76. The van der Waals surface area contributed by atoms with Crippen molar-refractivity contribution in [3.05, 3.63) is 0 Å². The fourth-order valence-corrected chi connectivity index (χ4v) is 3.10. The topological polar surface area (TPSA) is 72.2 Å². The van der Waals surface area contributed by atoms with Crippen LogP contribution in [0.25, 0.3) is 0 Å². The highest BCUT2D eigenvalue weighted by molar-refractivity contribution is 7.89. The monoisotopic (exact) mass is 206 g/mol. The highest BCUT2D eigenvalue weighted by Gasteiger charge is 2.27. The van der Waals surface area contributed by atoms with Crippen molar-refractivity contribution >= 4 is 10.0 Å². The van der Waals surface area contributed by atoms with Crippen molar-refractivity contribution in [1.82, 2.24) is 4.72 Å². The highest BCUT2D eigenvalue weighted by Crippen LogP contribution is 2.17. The summed E-state index contributed by atoms with van der Waals surface area (Å²) in [4.78, 5) is 0. The van der Waals surface area contributed by atoms with Gasteiger partial charge in [-0.15, -0.1) is 0 Å². The average Bonchev–Trinajstić information content (AvgIpc) is 2.35. The van der Waals surface area contributed by atoms with Gasteiger partial charge in [-0.25, -0.2) is 13.1 Å². The predicted octanol–water partition coefficient (Wildman–Crippen LogP) is 0.196. The third kappa shape index (κ3) is 3.25. The molecule has 0 aromatic carbocycles. The third-order valence-electron chi connectivity index (χ3n) is 2.37. The van der Waals surface area contributed by atoms with Gasteiger partial charge in [0.25, 0.3) is 0 Å². The van der Waals surface area contributed by atoms with Gasteiger partial charge in [-0.2, -0.15) is 0 Å². The lowest BCUT2D eigenvalue weighted by Gasteiger charge is -2.16. The van der Waals surface area contributed by atoms with Gasteiger partial charge in [0, 0.05) is 12.1 Å². The van der Waals surface area contributed by atoms with Crippen molar-refractivity contribution in [2.24, 2.45) is 5.73 Å². The van der Waals surface area contributed by atoms with Crippen LogP contribution in [0.2, 0.25) is 0 Å². The van der Waals surface area contributed by atoms with Gasteiger partial charge >= 0.3 is 0 Å². The molecule has 0 spiro atoms. The van der Waals surface area contributed by atoms with Gasteiger partial charge in [0.2, 0.25) is 10.0 Å². The van der Waals surface area contributed by atoms with Crippen LogP contribution in [0.1, 0.15) is 32.6 Å². The molecule has 78 valence electrons. The quantitative estimate of drug-likeness (QED) is 0.690. The van der Waals surface area contributed by atoms with Gasteiger partial charge in [0.05, 0.1) is 5.75 Å². The largest absolute Gasteiger partial charge is 0.326 e. The van der Waals surface area contributed by atoms with E-state index in [0.29, 0.717) is 6.42 Å². The Morgan fingerprint density at radius 3 is 2.62 bits per heavy atom. The lowest BCUT2D eigenvalue weighted by Crippen LogP contribution is -2.44. The molecule has 1 saturated carbocycles. The zero-order chi connectivity index (χ0) is 9.90. The second kappa shape index (κ2) is 4.39. The first kappa shape index (κ1) is 10.9. The van der Waals surface area contributed by atoms with Gasteiger partial charge in [0.15, 0.2) is 0 Å². The van der Waals surface area contributed by atoms with E-state index < -0.39 is 10.0 Å². The Balaban J connectivity index is 2.47. The van der Waals surface area contributed by atoms with Crippen LogP contribution in [0.4, 0.5) is 0 Å². The van der Waals surface area contributed by atoms with Gasteiger partial charge in [-0.1, -0.05) is 13.3 Å². The smallest absolute Gasteiger partial charge is 0.211 e. The van der Waals surface area contributed by atoms with Crippen LogP contribution in [0.3, 0.4) is 0 Å². The Morgan fingerprint density at radius 1 is 1.46 bits per heavy atom. The zero-order valence-electron chi connectivity index (χ0n) is 7.99. The molecule has 3 N–H and O–H groups in total. The lowest BCUT2D eigenvalue weighted by molar-refractivity contribution is 0.521. The average molecular weight is 206 g/mol. The van der Waals surface area contributed by atoms with E-state index in [4.69, 9.17) is 5.73 Å². The predicted molar refractivity (Wildman–Crippen MR) is 52.8 cm³/mol. The summed E-state index contributed by atoms with van der Waals surface area (Å²) in [6.07, 6.45) is 3.49. The van der Waals surface area contributed by atoms with E-state index in [1.165, 1.54) is 0 Å². The molecule has 0 aliphatic heterocycles. The van der Waals surface area contributed by atoms with E-state index >= 15 is 0 Å². The molecule has 0 aromatic heterocycles. The van der Waals surface area contributed by atoms with Crippen LogP contribution in [-0.4, -0.2) is 26.3 Å². The molecule has 0 bridgehead atoms. The Morgan fingerprint density at radius 2 is 2.15 bits per heavy atom. The lowest BCUT2D eigenvalue weighted by atomic mass is 10.2. The van der Waals surface area contributed by atoms with Crippen LogP contribution < -0.4 is 10.5 Å². The number of sulfonamides is 1. The minimum Gasteiger partial charge on any atom is -0.326 e. The summed E-state index contributed by atoms with van der Waals surface area (Å²) in [6.45, 7) is 1.85. The maximum absolute atomic E-state index is 11.4. The van der Waals surface area contributed by atoms with Crippen molar-refractivity contribution in [3.8, 4) is 0 Å². The molecule has 0 radical (unpaired) electrons. The van der Waals surface area contributed by atoms with Crippen molar-refractivity contribution in [3.63, 3.8) is 0 Å². The minimum atomic E-state index is -3.08. The molecule has 1 aliphatic carbocycles. The molecule has 2 unspecified atom stereocenters. The summed E-state index contributed by atoms with van der Waals surface area (Å²) in [5, 5.41) is 0. The van der Waals surface area contributed by atoms with Gasteiger partial charge in [0.1, 0.15) is 0 Å². The SMILES string of the molecule is CCCS(=O)(=O)NC1CCCC1N. The van der Waals surface area contributed by atoms with Crippen molar-refractivity contribution < 1.29 is 8.42 Å². The van der Waals surface area contributed by atoms with Gasteiger partial charge < -0.3 is 5.73 Å². The Labute approximate surface area is 79.9 Å². The molecule has 0 amide bonds. The van der Waals surface area contributed by atoms with E-state index in [9.17, 15) is 8.42 Å². The third-order valence-corrected chi connectivity index (χ3v) is 3.98. The Hall–Kier alpha value is -0.130. The Bertz CT molecular complexity index is 251. The molecule has 0 saturated heterocycles. The first-order valence-electron chi connectivity index (χ1n) is 4.81. The van der Waals surface area contributed by atoms with E-state index in [2.05, 4.69) is 4.72 Å². The van der Waals surface area contributed by atoms with Gasteiger partial charge in [-0.05, 0) is 19.3 Å². The first-order chi connectivity index (χ1) is 6.05. The molecule has 1 fully saturated rings. The summed E-state index contributed by atoms with van der Waals surface area (Å²) in [6, 6.07) is -0.0248. The fourth-order valence-electron chi connectivity index (χ4n) is 1.69. The number of hydrogen-bond acceptors (Lipinski definition) is 3. The van der Waals surface area contributed by atoms with Gasteiger partial charge in [-0.3, -0.25) is 0 Å². The summed E-state index contributed by atoms with van der Waals surface area (Å²) in [5.74, 6) is 0.205. The van der Waals surface area contributed by atoms with Crippen LogP contribution in [0.5, 0.6) is 0 Å². The molecule has 2 atom stereocenters. The van der Waals surface area contributed by atoms with Crippen molar-refractivity contribution in [2.75, 3.05) is 5.75 Å². The molecule has 1 aliphatic rings. The summed E-state index contributed by atoms with van der Waals surface area (Å²) >= 11 is 0. The molecule has 0 heterocycles. The summed E-state index contributed by atoms with van der Waals surface area (Å²) < 4.78 is 25.4. The number of nitrogens with one attached hydrogen (secondary N) is 1.